The van der Waals surface area contributed by atoms with Crippen molar-refractivity contribution >= 4 is 18.9 Å². The molecule has 7 nitrogen and oxygen atoms in total. The summed E-state index contributed by atoms with van der Waals surface area (Å²) in [6.07, 6.45) is 14.3. The Balaban J connectivity index is 1.47. The fourth-order valence-corrected chi connectivity index (χ4v) is 7.51. The Morgan fingerprint density at radius 1 is 0.925 bits per heavy atom. The van der Waals surface area contributed by atoms with Gasteiger partial charge in [-0.3, -0.25) is 9.59 Å². The molecule has 0 aromatic carbocycles. The maximum Gasteiger partial charge on any atom is 0.481 e. The molecular formula is C32H59BN2O5. The van der Waals surface area contributed by atoms with Gasteiger partial charge in [0.25, 0.3) is 0 Å². The van der Waals surface area contributed by atoms with E-state index in [1.54, 1.807) is 6.92 Å². The Bertz CT molecular complexity index is 821. The summed E-state index contributed by atoms with van der Waals surface area (Å²) in [6, 6.07) is -1.00. The smallest absolute Gasteiger partial charge is 0.404 e. The molecule has 0 aromatic rings. The van der Waals surface area contributed by atoms with E-state index < -0.39 is 19.3 Å². The van der Waals surface area contributed by atoms with Crippen LogP contribution >= 0.6 is 0 Å². The molecule has 4 rings (SSSR count). The van der Waals surface area contributed by atoms with Crippen LogP contribution in [0, 0.1) is 23.2 Å². The van der Waals surface area contributed by atoms with E-state index in [0.717, 1.165) is 25.7 Å². The van der Waals surface area contributed by atoms with Crippen molar-refractivity contribution in [2.45, 2.75) is 168 Å². The van der Waals surface area contributed by atoms with E-state index in [-0.39, 0.29) is 34.9 Å². The van der Waals surface area contributed by atoms with E-state index in [4.69, 9.17) is 9.31 Å². The minimum Gasteiger partial charge on any atom is -0.404 e. The second-order valence-corrected chi connectivity index (χ2v) is 14.3. The first-order chi connectivity index (χ1) is 18.9. The second-order valence-electron chi connectivity index (χ2n) is 14.3. The Morgan fingerprint density at radius 2 is 1.52 bits per heavy atom. The zero-order valence-corrected chi connectivity index (χ0v) is 26.6. The van der Waals surface area contributed by atoms with Crippen molar-refractivity contribution in [1.82, 2.24) is 10.6 Å². The number of hydrogen-bond donors (Lipinski definition) is 3. The molecule has 2 amide bonds. The second kappa shape index (κ2) is 14.9. The number of aliphatic hydroxyl groups is 1. The van der Waals surface area contributed by atoms with Crippen molar-refractivity contribution in [3.05, 3.63) is 0 Å². The highest BCUT2D eigenvalue weighted by Crippen LogP contribution is 2.65. The molecule has 3 aliphatic carbocycles. The van der Waals surface area contributed by atoms with Gasteiger partial charge in [-0.05, 0) is 62.7 Å². The van der Waals surface area contributed by atoms with Crippen LogP contribution in [0.4, 0.5) is 0 Å². The third-order valence-electron chi connectivity index (χ3n) is 10.2. The number of carbonyl (C=O) groups excluding carboxylic acids is 2. The molecule has 1 saturated heterocycles. The number of amides is 2. The molecule has 4 fully saturated rings. The van der Waals surface area contributed by atoms with Crippen molar-refractivity contribution in [2.75, 3.05) is 0 Å². The summed E-state index contributed by atoms with van der Waals surface area (Å²) in [5.41, 5.74) is -0.105. The monoisotopic (exact) mass is 562 g/mol. The SMILES string of the molecule is CCCCCCCCCCCCC(=O)N[C@H](C(=O)N[C@@H](CC(C)C)B1O[C@@H]2C[C@@H]3C[C@@H](C3(C)C)[C@]2(C)O1)[C@@H](C)O. The maximum absolute atomic E-state index is 13.4. The summed E-state index contributed by atoms with van der Waals surface area (Å²) in [4.78, 5) is 26.1. The van der Waals surface area contributed by atoms with E-state index >= 15 is 0 Å². The largest absolute Gasteiger partial charge is 0.481 e. The van der Waals surface area contributed by atoms with Gasteiger partial charge < -0.3 is 25.0 Å². The molecule has 230 valence electrons. The molecular weight excluding hydrogens is 503 g/mol. The predicted octanol–water partition coefficient (Wildman–Crippen LogP) is 5.96. The number of unbranched alkanes of at least 4 members (excludes halogenated alkanes) is 9. The van der Waals surface area contributed by atoms with Gasteiger partial charge in [0.1, 0.15) is 6.04 Å². The van der Waals surface area contributed by atoms with Crippen molar-refractivity contribution < 1.29 is 24.0 Å². The molecule has 0 radical (unpaired) electrons. The van der Waals surface area contributed by atoms with Gasteiger partial charge in [-0.2, -0.15) is 0 Å². The lowest BCUT2D eigenvalue weighted by Crippen LogP contribution is -2.65. The minimum atomic E-state index is -1.00. The molecule has 3 N–H and O–H groups in total. The topological polar surface area (TPSA) is 96.9 Å². The van der Waals surface area contributed by atoms with E-state index in [1.807, 2.05) is 0 Å². The van der Waals surface area contributed by atoms with Gasteiger partial charge in [0, 0.05) is 6.42 Å². The molecule has 40 heavy (non-hydrogen) atoms. The fourth-order valence-electron chi connectivity index (χ4n) is 7.51. The zero-order valence-electron chi connectivity index (χ0n) is 26.6. The van der Waals surface area contributed by atoms with Crippen LogP contribution in [0.15, 0.2) is 0 Å². The minimum absolute atomic E-state index is 0.0363. The van der Waals surface area contributed by atoms with Crippen molar-refractivity contribution in [3.8, 4) is 0 Å². The average Bonchev–Trinajstić information content (AvgIpc) is 3.24. The van der Waals surface area contributed by atoms with E-state index in [1.165, 1.54) is 51.4 Å². The number of aliphatic hydroxyl groups excluding tert-OH is 1. The lowest BCUT2D eigenvalue weighted by Gasteiger charge is -2.64. The van der Waals surface area contributed by atoms with Gasteiger partial charge in [-0.15, -0.1) is 0 Å². The molecule has 0 aromatic heterocycles. The Morgan fingerprint density at radius 3 is 2.08 bits per heavy atom. The van der Waals surface area contributed by atoms with E-state index in [9.17, 15) is 14.7 Å². The molecule has 0 spiro atoms. The number of rotatable bonds is 18. The normalized spacial score (nSPS) is 28.9. The van der Waals surface area contributed by atoms with Crippen LogP contribution in [0.5, 0.6) is 0 Å². The summed E-state index contributed by atoms with van der Waals surface area (Å²) in [5.74, 6) is 0.495. The molecule has 3 saturated carbocycles. The van der Waals surface area contributed by atoms with Crippen LogP contribution in [0.2, 0.25) is 0 Å². The van der Waals surface area contributed by atoms with E-state index in [0.29, 0.717) is 30.6 Å². The Hall–Kier alpha value is -1.12. The summed E-state index contributed by atoms with van der Waals surface area (Å²) >= 11 is 0. The Labute approximate surface area is 244 Å². The van der Waals surface area contributed by atoms with Gasteiger partial charge in [0.15, 0.2) is 0 Å². The van der Waals surface area contributed by atoms with Crippen LogP contribution in [-0.2, 0) is 18.9 Å². The van der Waals surface area contributed by atoms with Crippen LogP contribution in [0.3, 0.4) is 0 Å². The third-order valence-corrected chi connectivity index (χ3v) is 10.2. The zero-order chi connectivity index (χ0) is 29.5. The molecule has 1 aliphatic heterocycles. The third kappa shape index (κ3) is 8.25. The molecule has 4 aliphatic rings. The maximum atomic E-state index is 13.4. The first-order valence-corrected chi connectivity index (χ1v) is 16.5. The highest BCUT2D eigenvalue weighted by Gasteiger charge is 2.68. The lowest BCUT2D eigenvalue weighted by molar-refractivity contribution is -0.199. The highest BCUT2D eigenvalue weighted by molar-refractivity contribution is 6.48. The van der Waals surface area contributed by atoms with Gasteiger partial charge >= 0.3 is 7.12 Å². The Kier molecular flexibility index (Phi) is 12.4. The number of nitrogens with one attached hydrogen (secondary N) is 2. The molecule has 0 unspecified atom stereocenters. The van der Waals surface area contributed by atoms with Crippen LogP contribution in [-0.4, -0.2) is 53.8 Å². The van der Waals surface area contributed by atoms with Crippen LogP contribution in [0.25, 0.3) is 0 Å². The number of carbonyl (C=O) groups is 2. The fraction of sp³-hybridized carbons (Fsp3) is 0.938. The number of hydrogen-bond acceptors (Lipinski definition) is 5. The summed E-state index contributed by atoms with van der Waals surface area (Å²) in [6.45, 7) is 14.9. The van der Waals surface area contributed by atoms with Gasteiger partial charge in [-0.1, -0.05) is 92.4 Å². The summed E-state index contributed by atoms with van der Waals surface area (Å²) in [5, 5.41) is 16.3. The summed E-state index contributed by atoms with van der Waals surface area (Å²) in [7, 11) is -0.534. The van der Waals surface area contributed by atoms with Gasteiger partial charge in [0.05, 0.1) is 23.8 Å². The average molecular weight is 563 g/mol. The van der Waals surface area contributed by atoms with Crippen molar-refractivity contribution in [1.29, 1.82) is 0 Å². The standard InChI is InChI=1S/C32H59BN2O5/c1-8-9-10-11-12-13-14-15-16-17-18-28(37)35-29(23(4)36)30(38)34-27(19-22(2)3)33-39-26-21-24-20-25(31(24,5)6)32(26,7)40-33/h22-27,29,36H,8-21H2,1-7H3,(H,34,38)(H,35,37)/t23-,24+,25+,26-,27+,29+,32+/m1/s1. The molecule has 7 atom stereocenters. The molecule has 1 heterocycles. The molecule has 8 heteroatoms. The highest BCUT2D eigenvalue weighted by atomic mass is 16.7. The van der Waals surface area contributed by atoms with Crippen LogP contribution in [0.1, 0.15) is 138 Å². The van der Waals surface area contributed by atoms with Crippen LogP contribution < -0.4 is 10.6 Å². The van der Waals surface area contributed by atoms with Crippen molar-refractivity contribution in [2.24, 2.45) is 23.2 Å². The first-order valence-electron chi connectivity index (χ1n) is 16.5. The lowest BCUT2D eigenvalue weighted by atomic mass is 9.43. The summed E-state index contributed by atoms with van der Waals surface area (Å²) < 4.78 is 13.1. The molecule has 2 bridgehead atoms. The first kappa shape index (κ1) is 33.4. The quantitative estimate of drug-likeness (QED) is 0.142. The van der Waals surface area contributed by atoms with E-state index in [2.05, 4.69) is 52.2 Å². The van der Waals surface area contributed by atoms with Crippen molar-refractivity contribution in [3.63, 3.8) is 0 Å². The van der Waals surface area contributed by atoms with Gasteiger partial charge in [-0.25, -0.2) is 0 Å². The predicted molar refractivity (Wildman–Crippen MR) is 162 cm³/mol. The van der Waals surface area contributed by atoms with Gasteiger partial charge in [0.2, 0.25) is 11.8 Å².